The zero-order valence-corrected chi connectivity index (χ0v) is 29.7. The molecule has 264 valence electrons. The van der Waals surface area contributed by atoms with Gasteiger partial charge in [0.2, 0.25) is 23.6 Å². The Hall–Kier alpha value is -3.98. The molecule has 49 heavy (non-hydrogen) atoms. The number of aryl methyl sites for hydroxylation is 2. The lowest BCUT2D eigenvalue weighted by atomic mass is 9.89. The molecule has 0 radical (unpaired) electrons. The van der Waals surface area contributed by atoms with E-state index in [4.69, 9.17) is 0 Å². The number of amides is 4. The number of hydrogen-bond acceptors (Lipinski definition) is 5. The molecule has 3 saturated carbocycles. The first-order chi connectivity index (χ1) is 23.5. The van der Waals surface area contributed by atoms with Crippen LogP contribution in [0.3, 0.4) is 0 Å². The van der Waals surface area contributed by atoms with Crippen LogP contribution < -0.4 is 21.3 Å². The summed E-state index contributed by atoms with van der Waals surface area (Å²) >= 11 is 0. The van der Waals surface area contributed by atoms with E-state index in [0.29, 0.717) is 38.1 Å². The molecule has 3 fully saturated rings. The zero-order chi connectivity index (χ0) is 35.0. The Morgan fingerprint density at radius 1 is 0.837 bits per heavy atom. The van der Waals surface area contributed by atoms with Crippen molar-refractivity contribution in [2.24, 2.45) is 5.92 Å². The van der Waals surface area contributed by atoms with Crippen molar-refractivity contribution >= 4 is 29.7 Å². The average Bonchev–Trinajstić information content (AvgIpc) is 3.76. The first-order valence-corrected chi connectivity index (χ1v) is 18.2. The Kier molecular flexibility index (Phi) is 12.3. The summed E-state index contributed by atoms with van der Waals surface area (Å²) in [4.78, 5) is 56.6. The van der Waals surface area contributed by atoms with Crippen LogP contribution in [0.4, 0.5) is 0 Å². The van der Waals surface area contributed by atoms with Crippen molar-refractivity contribution < 1.29 is 19.2 Å². The second-order valence-corrected chi connectivity index (χ2v) is 14.9. The topological polar surface area (TPSA) is 120 Å². The predicted molar refractivity (Wildman–Crippen MR) is 194 cm³/mol. The van der Waals surface area contributed by atoms with Crippen LogP contribution in [0, 0.1) is 19.8 Å². The van der Waals surface area contributed by atoms with Crippen LogP contribution in [0.25, 0.3) is 6.08 Å². The van der Waals surface area contributed by atoms with E-state index in [1.54, 1.807) is 6.08 Å². The van der Waals surface area contributed by atoms with E-state index in [1.807, 2.05) is 62.4 Å². The van der Waals surface area contributed by atoms with Gasteiger partial charge in [0.1, 0.15) is 11.6 Å². The highest BCUT2D eigenvalue weighted by Gasteiger charge is 2.44. The maximum Gasteiger partial charge on any atom is 0.246 e. The van der Waals surface area contributed by atoms with Crippen molar-refractivity contribution in [3.8, 4) is 0 Å². The van der Waals surface area contributed by atoms with Gasteiger partial charge < -0.3 is 26.2 Å². The zero-order valence-electron chi connectivity index (χ0n) is 29.7. The van der Waals surface area contributed by atoms with Crippen molar-refractivity contribution in [1.82, 2.24) is 26.2 Å². The Bertz CT molecular complexity index is 1480. The largest absolute Gasteiger partial charge is 0.352 e. The molecule has 0 unspecified atom stereocenters. The molecule has 0 bridgehead atoms. The minimum atomic E-state index is -1.08. The normalized spacial score (nSPS) is 24.0. The number of carbonyl (C=O) groups is 4. The molecule has 2 aromatic rings. The first kappa shape index (κ1) is 36.3. The van der Waals surface area contributed by atoms with Gasteiger partial charge in [-0.2, -0.15) is 0 Å². The van der Waals surface area contributed by atoms with Crippen LogP contribution in [0.2, 0.25) is 0 Å². The molecule has 3 aliphatic carbocycles. The number of benzene rings is 2. The molecule has 2 aromatic carbocycles. The second-order valence-electron chi connectivity index (χ2n) is 14.9. The lowest BCUT2D eigenvalue weighted by Gasteiger charge is -2.37. The van der Waals surface area contributed by atoms with Crippen molar-refractivity contribution in [2.75, 3.05) is 14.1 Å². The van der Waals surface area contributed by atoms with Crippen molar-refractivity contribution in [3.63, 3.8) is 0 Å². The summed E-state index contributed by atoms with van der Waals surface area (Å²) in [6, 6.07) is 15.3. The molecule has 4 amide bonds. The van der Waals surface area contributed by atoms with E-state index in [0.717, 1.165) is 60.8 Å². The van der Waals surface area contributed by atoms with Crippen LogP contribution in [0.1, 0.15) is 92.9 Å². The number of nitrogens with one attached hydrogen (secondary N) is 4. The minimum Gasteiger partial charge on any atom is -0.352 e. The maximum absolute atomic E-state index is 14.0. The minimum absolute atomic E-state index is 0.0790. The van der Waals surface area contributed by atoms with E-state index in [1.165, 1.54) is 12.5 Å². The third-order valence-electron chi connectivity index (χ3n) is 10.8. The highest BCUT2D eigenvalue weighted by Crippen LogP contribution is 2.31. The number of hydrogen-bond donors (Lipinski definition) is 4. The molecule has 4 N–H and O–H groups in total. The van der Waals surface area contributed by atoms with Gasteiger partial charge in [0.05, 0.1) is 0 Å². The van der Waals surface area contributed by atoms with Crippen molar-refractivity contribution in [1.29, 1.82) is 0 Å². The Labute approximate surface area is 292 Å². The molecule has 0 spiro atoms. The maximum atomic E-state index is 14.0. The van der Waals surface area contributed by atoms with E-state index in [-0.39, 0.29) is 41.6 Å². The number of carbonyl (C=O) groups excluding carboxylic acids is 4. The summed E-state index contributed by atoms with van der Waals surface area (Å²) in [5.41, 5.74) is 3.00. The average molecular weight is 670 g/mol. The molecule has 0 aromatic heterocycles. The van der Waals surface area contributed by atoms with Crippen molar-refractivity contribution in [3.05, 3.63) is 76.9 Å². The van der Waals surface area contributed by atoms with Gasteiger partial charge >= 0.3 is 0 Å². The highest BCUT2D eigenvalue weighted by atomic mass is 16.2. The SMILES string of the molecule is Cc1ccc(/C=C/C(=O)NC2(C(=O)N[C@H](Cc3ccc(C)cc3)C(=O)N[C@H]3CC[C@@H](C(=O)N[C@H]4CCCC[C@@H]4N(C)C)C3)CCCC2)cc1. The van der Waals surface area contributed by atoms with Crippen LogP contribution in [-0.2, 0) is 25.6 Å². The monoisotopic (exact) mass is 669 g/mol. The molecular formula is C40H55N5O4. The molecule has 0 heterocycles. The first-order valence-electron chi connectivity index (χ1n) is 18.2. The van der Waals surface area contributed by atoms with Gasteiger partial charge in [0.25, 0.3) is 0 Å². The smallest absolute Gasteiger partial charge is 0.246 e. The van der Waals surface area contributed by atoms with Gasteiger partial charge in [-0.15, -0.1) is 0 Å². The molecule has 9 nitrogen and oxygen atoms in total. The second kappa shape index (κ2) is 16.6. The lowest BCUT2D eigenvalue weighted by Crippen LogP contribution is -2.61. The standard InChI is InChI=1S/C40H55N5O4/c1-27-11-15-29(16-12-27)19-22-36(46)44-40(23-7-8-24-40)39(49)43-34(25-30-17-13-28(2)14-18-30)38(48)41-32-21-20-31(26-32)37(47)42-33-9-5-6-10-35(33)45(3)4/h11-19,22,31-35H,5-10,20-21,23-26H2,1-4H3,(H,41,48)(H,42,47)(H,43,49)(H,44,46)/b22-19+/t31-,32+,33+,34-,35+/m1/s1. The number of rotatable bonds is 12. The summed E-state index contributed by atoms with van der Waals surface area (Å²) in [5, 5.41) is 12.6. The molecule has 9 heteroatoms. The van der Waals surface area contributed by atoms with Crippen LogP contribution in [0.15, 0.2) is 54.6 Å². The summed E-state index contributed by atoms with van der Waals surface area (Å²) in [6.07, 6.45) is 12.6. The van der Waals surface area contributed by atoms with Crippen molar-refractivity contribution in [2.45, 2.75) is 121 Å². The molecule has 5 atom stereocenters. The van der Waals surface area contributed by atoms with E-state index in [2.05, 4.69) is 40.3 Å². The van der Waals surface area contributed by atoms with Gasteiger partial charge in [-0.05, 0) is 90.1 Å². The summed E-state index contributed by atoms with van der Waals surface area (Å²) in [6.45, 7) is 4.02. The van der Waals surface area contributed by atoms with E-state index >= 15 is 0 Å². The van der Waals surface area contributed by atoms with E-state index in [9.17, 15) is 19.2 Å². The molecule has 5 rings (SSSR count). The van der Waals surface area contributed by atoms with Crippen LogP contribution in [-0.4, -0.2) is 72.3 Å². The Morgan fingerprint density at radius 2 is 1.49 bits per heavy atom. The Morgan fingerprint density at radius 3 is 2.16 bits per heavy atom. The van der Waals surface area contributed by atoms with Gasteiger partial charge in [-0.3, -0.25) is 19.2 Å². The fourth-order valence-electron chi connectivity index (χ4n) is 7.83. The van der Waals surface area contributed by atoms with Crippen LogP contribution in [0.5, 0.6) is 0 Å². The summed E-state index contributed by atoms with van der Waals surface area (Å²) < 4.78 is 0. The van der Waals surface area contributed by atoms with E-state index < -0.39 is 11.6 Å². The third-order valence-corrected chi connectivity index (χ3v) is 10.8. The summed E-state index contributed by atoms with van der Waals surface area (Å²) in [7, 11) is 4.16. The fraction of sp³-hybridized carbons (Fsp3) is 0.550. The summed E-state index contributed by atoms with van der Waals surface area (Å²) in [5.74, 6) is -1.00. The lowest BCUT2D eigenvalue weighted by molar-refractivity contribution is -0.135. The highest BCUT2D eigenvalue weighted by molar-refractivity contribution is 5.99. The predicted octanol–water partition coefficient (Wildman–Crippen LogP) is 4.75. The third kappa shape index (κ3) is 9.81. The molecule has 0 aliphatic heterocycles. The molecular weight excluding hydrogens is 614 g/mol. The molecule has 3 aliphatic rings. The molecule has 0 saturated heterocycles. The Balaban J connectivity index is 1.23. The van der Waals surface area contributed by atoms with Crippen LogP contribution >= 0.6 is 0 Å². The quantitative estimate of drug-likeness (QED) is 0.244. The number of nitrogens with zero attached hydrogens (tertiary/aromatic N) is 1. The van der Waals surface area contributed by atoms with Gasteiger partial charge in [0.15, 0.2) is 0 Å². The fourth-order valence-corrected chi connectivity index (χ4v) is 7.83. The van der Waals surface area contributed by atoms with Gasteiger partial charge in [-0.25, -0.2) is 0 Å². The van der Waals surface area contributed by atoms with Gasteiger partial charge in [-0.1, -0.05) is 85.3 Å². The number of likely N-dealkylation sites (N-methyl/N-ethyl adjacent to an activating group) is 1. The van der Waals surface area contributed by atoms with Gasteiger partial charge in [0, 0.05) is 36.5 Å².